The van der Waals surface area contributed by atoms with Gasteiger partial charge in [0.1, 0.15) is 0 Å². The molecule has 0 aliphatic carbocycles. The van der Waals surface area contributed by atoms with Crippen molar-refractivity contribution in [2.75, 3.05) is 24.6 Å². The fraction of sp³-hybridized carbons (Fsp3) is 0.533. The zero-order chi connectivity index (χ0) is 13.1. The van der Waals surface area contributed by atoms with Gasteiger partial charge in [-0.1, -0.05) is 17.7 Å². The Kier molecular flexibility index (Phi) is 4.46. The van der Waals surface area contributed by atoms with E-state index in [4.69, 9.17) is 0 Å². The second-order valence-corrected chi connectivity index (χ2v) is 6.23. The molecule has 0 amide bonds. The average molecular weight is 263 g/mol. The highest BCUT2D eigenvalue weighted by Crippen LogP contribution is 2.18. The van der Waals surface area contributed by atoms with E-state index in [1.807, 2.05) is 44.7 Å². The molecule has 18 heavy (non-hydrogen) atoms. The molecule has 3 heteroatoms. The first kappa shape index (κ1) is 13.6. The molecule has 1 unspecified atom stereocenters. The van der Waals surface area contributed by atoms with Crippen molar-refractivity contribution >= 4 is 17.5 Å². The maximum atomic E-state index is 12.6. The topological polar surface area (TPSA) is 20.3 Å². The second kappa shape index (κ2) is 5.89. The quantitative estimate of drug-likeness (QED) is 0.782. The summed E-state index contributed by atoms with van der Waals surface area (Å²) in [6.45, 7) is 8.16. The largest absolute Gasteiger partial charge is 0.292 e. The van der Waals surface area contributed by atoms with Crippen LogP contribution in [0.4, 0.5) is 0 Å². The molecule has 2 rings (SSSR count). The van der Waals surface area contributed by atoms with Crippen LogP contribution in [0.15, 0.2) is 18.2 Å². The van der Waals surface area contributed by atoms with Crippen molar-refractivity contribution < 1.29 is 4.79 Å². The lowest BCUT2D eigenvalue weighted by atomic mass is 9.97. The molecule has 1 heterocycles. The smallest absolute Gasteiger partial charge is 0.179 e. The van der Waals surface area contributed by atoms with Crippen LogP contribution in [0.25, 0.3) is 0 Å². The van der Waals surface area contributed by atoms with Crippen LogP contribution < -0.4 is 0 Å². The summed E-state index contributed by atoms with van der Waals surface area (Å²) < 4.78 is 0. The lowest BCUT2D eigenvalue weighted by Crippen LogP contribution is -2.44. The number of ketones is 1. The molecule has 1 aliphatic heterocycles. The van der Waals surface area contributed by atoms with Crippen LogP contribution in [-0.2, 0) is 0 Å². The van der Waals surface area contributed by atoms with Gasteiger partial charge in [-0.3, -0.25) is 9.69 Å². The van der Waals surface area contributed by atoms with Crippen molar-refractivity contribution in [3.63, 3.8) is 0 Å². The normalized spacial score (nSPS) is 18.6. The van der Waals surface area contributed by atoms with Crippen LogP contribution in [0.3, 0.4) is 0 Å². The minimum Gasteiger partial charge on any atom is -0.292 e. The first-order valence-electron chi connectivity index (χ1n) is 6.53. The standard InChI is InChI=1S/C15H21NOS/c1-11-4-5-12(2)14(10-11)15(17)13(3)16-6-8-18-9-7-16/h4-5,10,13H,6-9H2,1-3H3. The van der Waals surface area contributed by atoms with E-state index in [0.717, 1.165) is 41.3 Å². The molecule has 1 aromatic carbocycles. The molecule has 0 radical (unpaired) electrons. The summed E-state index contributed by atoms with van der Waals surface area (Å²) in [6, 6.07) is 6.13. The number of hydrogen-bond acceptors (Lipinski definition) is 3. The van der Waals surface area contributed by atoms with Gasteiger partial charge >= 0.3 is 0 Å². The summed E-state index contributed by atoms with van der Waals surface area (Å²) in [7, 11) is 0. The molecule has 1 atom stereocenters. The van der Waals surface area contributed by atoms with Crippen LogP contribution >= 0.6 is 11.8 Å². The zero-order valence-electron chi connectivity index (χ0n) is 11.4. The van der Waals surface area contributed by atoms with Crippen LogP contribution in [0.5, 0.6) is 0 Å². The number of Topliss-reactive ketones (excluding diaryl/α,β-unsaturated/α-hetero) is 1. The molecule has 0 aromatic heterocycles. The fourth-order valence-corrected chi connectivity index (χ4v) is 3.29. The van der Waals surface area contributed by atoms with E-state index in [0.29, 0.717) is 0 Å². The maximum Gasteiger partial charge on any atom is 0.179 e. The summed E-state index contributed by atoms with van der Waals surface area (Å²) in [5.41, 5.74) is 3.13. The highest BCUT2D eigenvalue weighted by molar-refractivity contribution is 7.99. The molecule has 1 aromatic rings. The molecule has 98 valence electrons. The zero-order valence-corrected chi connectivity index (χ0v) is 12.2. The molecule has 1 fully saturated rings. The number of benzene rings is 1. The van der Waals surface area contributed by atoms with E-state index < -0.39 is 0 Å². The van der Waals surface area contributed by atoms with Gasteiger partial charge < -0.3 is 0 Å². The van der Waals surface area contributed by atoms with E-state index in [1.54, 1.807) is 0 Å². The Labute approximate surface area is 114 Å². The number of nitrogens with zero attached hydrogens (tertiary/aromatic N) is 1. The molecule has 0 bridgehead atoms. The molecule has 0 N–H and O–H groups in total. The Morgan fingerprint density at radius 1 is 1.28 bits per heavy atom. The Balaban J connectivity index is 2.16. The van der Waals surface area contributed by atoms with Gasteiger partial charge in [-0.2, -0.15) is 11.8 Å². The van der Waals surface area contributed by atoms with Gasteiger partial charge in [0.05, 0.1) is 6.04 Å². The van der Waals surface area contributed by atoms with Gasteiger partial charge in [-0.25, -0.2) is 0 Å². The van der Waals surface area contributed by atoms with Gasteiger partial charge in [0, 0.05) is 30.2 Å². The summed E-state index contributed by atoms with van der Waals surface area (Å²) in [6.07, 6.45) is 0. The number of rotatable bonds is 3. The van der Waals surface area contributed by atoms with Gasteiger partial charge in [0.25, 0.3) is 0 Å². The SMILES string of the molecule is Cc1ccc(C)c(C(=O)C(C)N2CCSCC2)c1. The molecule has 0 spiro atoms. The summed E-state index contributed by atoms with van der Waals surface area (Å²) >= 11 is 1.98. The van der Waals surface area contributed by atoms with Gasteiger partial charge in [0.2, 0.25) is 0 Å². The van der Waals surface area contributed by atoms with Crippen molar-refractivity contribution in [2.24, 2.45) is 0 Å². The highest BCUT2D eigenvalue weighted by Gasteiger charge is 2.24. The minimum absolute atomic E-state index is 0.00593. The van der Waals surface area contributed by atoms with E-state index in [-0.39, 0.29) is 11.8 Å². The predicted octanol–water partition coefficient (Wildman–Crippen LogP) is 2.92. The third-order valence-electron chi connectivity index (χ3n) is 3.63. The molecule has 0 saturated carbocycles. The summed E-state index contributed by atoms with van der Waals surface area (Å²) in [4.78, 5) is 14.9. The molecular weight excluding hydrogens is 242 g/mol. The Hall–Kier alpha value is -0.800. The predicted molar refractivity (Wildman–Crippen MR) is 78.6 cm³/mol. The number of carbonyl (C=O) groups excluding carboxylic acids is 1. The molecule has 2 nitrogen and oxygen atoms in total. The first-order valence-corrected chi connectivity index (χ1v) is 7.68. The van der Waals surface area contributed by atoms with Crippen LogP contribution in [0.1, 0.15) is 28.4 Å². The Morgan fingerprint density at radius 2 is 1.94 bits per heavy atom. The second-order valence-electron chi connectivity index (χ2n) is 5.01. The summed E-state index contributed by atoms with van der Waals surface area (Å²) in [5, 5.41) is 0. The van der Waals surface area contributed by atoms with E-state index >= 15 is 0 Å². The monoisotopic (exact) mass is 263 g/mol. The molecular formula is C15H21NOS. The number of carbonyl (C=O) groups is 1. The third-order valence-corrected chi connectivity index (χ3v) is 4.57. The molecule has 1 aliphatic rings. The first-order chi connectivity index (χ1) is 8.59. The Bertz CT molecular complexity index is 438. The van der Waals surface area contributed by atoms with Crippen LogP contribution in [0.2, 0.25) is 0 Å². The molecule has 1 saturated heterocycles. The minimum atomic E-state index is 0.00593. The van der Waals surface area contributed by atoms with Crippen molar-refractivity contribution in [2.45, 2.75) is 26.8 Å². The van der Waals surface area contributed by atoms with Crippen LogP contribution in [-0.4, -0.2) is 41.3 Å². The van der Waals surface area contributed by atoms with Crippen molar-refractivity contribution in [3.8, 4) is 0 Å². The van der Waals surface area contributed by atoms with E-state index in [2.05, 4.69) is 11.0 Å². The van der Waals surface area contributed by atoms with Crippen LogP contribution in [0, 0.1) is 13.8 Å². The average Bonchev–Trinajstić information content (AvgIpc) is 2.41. The Morgan fingerprint density at radius 3 is 2.61 bits per heavy atom. The van der Waals surface area contributed by atoms with Crippen molar-refractivity contribution in [3.05, 3.63) is 34.9 Å². The third kappa shape index (κ3) is 2.96. The van der Waals surface area contributed by atoms with Gasteiger partial charge in [0.15, 0.2) is 5.78 Å². The lowest BCUT2D eigenvalue weighted by molar-refractivity contribution is 0.0850. The highest BCUT2D eigenvalue weighted by atomic mass is 32.2. The lowest BCUT2D eigenvalue weighted by Gasteiger charge is -2.31. The van der Waals surface area contributed by atoms with Crippen molar-refractivity contribution in [1.82, 2.24) is 4.90 Å². The number of aryl methyl sites for hydroxylation is 2. The number of hydrogen-bond donors (Lipinski definition) is 0. The maximum absolute atomic E-state index is 12.6. The van der Waals surface area contributed by atoms with Gasteiger partial charge in [-0.15, -0.1) is 0 Å². The number of thioether (sulfide) groups is 1. The summed E-state index contributed by atoms with van der Waals surface area (Å²) in [5.74, 6) is 2.55. The van der Waals surface area contributed by atoms with Gasteiger partial charge in [-0.05, 0) is 32.4 Å². The van der Waals surface area contributed by atoms with E-state index in [9.17, 15) is 4.79 Å². The van der Waals surface area contributed by atoms with E-state index in [1.165, 1.54) is 0 Å². The van der Waals surface area contributed by atoms with Crippen molar-refractivity contribution in [1.29, 1.82) is 0 Å². The fourth-order valence-electron chi connectivity index (χ4n) is 2.36.